The van der Waals surface area contributed by atoms with E-state index in [9.17, 15) is 34.6 Å². The van der Waals surface area contributed by atoms with E-state index in [1.165, 1.54) is 106 Å². The summed E-state index contributed by atoms with van der Waals surface area (Å²) in [5.41, 5.74) is 5.78. The third-order valence-electron chi connectivity index (χ3n) is 11.2. The maximum Gasteiger partial charge on any atom is 0.472 e. The molecule has 0 bridgehead atoms. The molecule has 1 aromatic carbocycles. The zero-order valence-corrected chi connectivity index (χ0v) is 36.9. The number of benzene rings is 1. The largest absolute Gasteiger partial charge is 0.472 e. The first-order valence-corrected chi connectivity index (χ1v) is 23.7. The third-order valence-corrected chi connectivity index (χ3v) is 12.2. The van der Waals surface area contributed by atoms with Gasteiger partial charge in [0, 0.05) is 18.4 Å². The van der Waals surface area contributed by atoms with Crippen molar-refractivity contribution < 1.29 is 47.3 Å². The lowest BCUT2D eigenvalue weighted by Crippen LogP contribution is -2.41. The minimum Gasteiger partial charge on any atom is -0.397 e. The van der Waals surface area contributed by atoms with Gasteiger partial charge in [-0.25, -0.2) is 13.5 Å². The van der Waals surface area contributed by atoms with Gasteiger partial charge in [0.05, 0.1) is 55.0 Å². The molecule has 16 heteroatoms. The van der Waals surface area contributed by atoms with E-state index < -0.39 is 56.9 Å². The topological polar surface area (TPSA) is 215 Å². The van der Waals surface area contributed by atoms with Crippen LogP contribution < -0.4 is 5.73 Å². The lowest BCUT2D eigenvalue weighted by Gasteiger charge is -2.24. The van der Waals surface area contributed by atoms with Crippen molar-refractivity contribution in [3.8, 4) is 12.1 Å². The summed E-state index contributed by atoms with van der Waals surface area (Å²) in [6, 6.07) is 11.5. The molecular weight excluding hydrogens is 804 g/mol. The fourth-order valence-corrected chi connectivity index (χ4v) is 8.49. The van der Waals surface area contributed by atoms with E-state index in [4.69, 9.17) is 29.0 Å². The molecule has 0 aliphatic carbocycles. The summed E-state index contributed by atoms with van der Waals surface area (Å²) < 4.78 is 57.6. The van der Waals surface area contributed by atoms with Crippen LogP contribution in [0.4, 0.5) is 10.1 Å². The van der Waals surface area contributed by atoms with Gasteiger partial charge in [-0.3, -0.25) is 9.05 Å². The van der Waals surface area contributed by atoms with Crippen LogP contribution in [-0.2, 0) is 46.5 Å². The van der Waals surface area contributed by atoms with Gasteiger partial charge in [0.15, 0.2) is 0 Å². The Labute approximate surface area is 360 Å². The van der Waals surface area contributed by atoms with Crippen LogP contribution >= 0.6 is 7.82 Å². The number of hydrogen-bond donors (Lipinski definition) is 4. The molecule has 0 saturated carbocycles. The number of phosphoric ester groups is 1. The van der Waals surface area contributed by atoms with Crippen LogP contribution in [0.5, 0.6) is 0 Å². The van der Waals surface area contributed by atoms with Crippen molar-refractivity contribution in [3.63, 3.8) is 0 Å². The summed E-state index contributed by atoms with van der Waals surface area (Å²) in [5.74, 6) is -0.507. The number of aromatic nitrogens is 2. The molecule has 14 nitrogen and oxygen atoms in total. The van der Waals surface area contributed by atoms with Crippen molar-refractivity contribution in [1.29, 1.82) is 10.5 Å². The molecule has 1 saturated heterocycles. The number of anilines is 1. The third kappa shape index (κ3) is 15.1. The number of halogens is 1. The Morgan fingerprint density at radius 2 is 1.56 bits per heavy atom. The lowest BCUT2D eigenvalue weighted by atomic mass is 9.92. The fraction of sp³-hybridized carbons (Fsp3) is 0.667. The molecule has 3 aromatic rings. The Morgan fingerprint density at radius 1 is 0.918 bits per heavy atom. The predicted octanol–water partition coefficient (Wildman–Crippen LogP) is 8.72. The molecule has 1 aliphatic rings. The second-order valence-corrected chi connectivity index (χ2v) is 17.5. The van der Waals surface area contributed by atoms with Gasteiger partial charge < -0.3 is 35.1 Å². The number of fused-ring (bicyclic) bond motifs is 1. The number of aliphatic hydroxyl groups is 2. The van der Waals surface area contributed by atoms with Gasteiger partial charge in [0.25, 0.3) is 0 Å². The monoisotopic (exact) mass is 871 g/mol. The molecule has 3 heterocycles. The van der Waals surface area contributed by atoms with Gasteiger partial charge in [-0.05, 0) is 48.7 Å². The molecule has 0 spiro atoms. The highest BCUT2D eigenvalue weighted by Gasteiger charge is 2.58. The van der Waals surface area contributed by atoms with Crippen molar-refractivity contribution in [3.05, 3.63) is 64.7 Å². The van der Waals surface area contributed by atoms with Crippen molar-refractivity contribution in [2.75, 3.05) is 32.2 Å². The number of aliphatic hydroxyl groups excluding tert-OH is 2. The Bertz CT molecular complexity index is 1900. The first-order chi connectivity index (χ1) is 29.5. The molecule has 2 aromatic heterocycles. The average molecular weight is 872 g/mol. The van der Waals surface area contributed by atoms with Crippen molar-refractivity contribution in [2.24, 2.45) is 0 Å². The van der Waals surface area contributed by atoms with Crippen molar-refractivity contribution >= 4 is 19.0 Å². The number of nitriles is 2. The van der Waals surface area contributed by atoms with Gasteiger partial charge in [-0.2, -0.15) is 15.6 Å². The number of nitrogens with zero attached hydrogens (tertiary/aromatic N) is 4. The van der Waals surface area contributed by atoms with Crippen LogP contribution in [0.3, 0.4) is 0 Å². The quantitative estimate of drug-likeness (QED) is 0.0352. The van der Waals surface area contributed by atoms with E-state index in [2.05, 4.69) is 12.0 Å². The maximum absolute atomic E-state index is 14.9. The zero-order valence-electron chi connectivity index (χ0n) is 36.0. The van der Waals surface area contributed by atoms with Crippen molar-refractivity contribution in [1.82, 2.24) is 9.61 Å². The van der Waals surface area contributed by atoms with Gasteiger partial charge in [-0.15, -0.1) is 0 Å². The standard InChI is InChI=1S/C45H67FN5O9P/c1-3-5-6-7-8-9-10-11-12-13-14-15-16-17-18-19-25-56-30-36(57-29-34-26-35(28-47)37(20-4-2)38(46)27-34)31-58-61(54,55)59-32-41-43(52)44(53)45(33-48,60-41)42-22-21-40-39(49)23-24-50-51(40)42/h21-24,26-27,36,41,43-44,52-53H,3-20,25,29-32,49H2,1-2H3,(H,54,55)/t36-,41-,43-,44-,45+/m1/s1. The molecule has 0 radical (unpaired) electrons. The van der Waals surface area contributed by atoms with Gasteiger partial charge in [-0.1, -0.05) is 117 Å². The number of nitrogen functional groups attached to an aromatic ring is 1. The van der Waals surface area contributed by atoms with Crippen LogP contribution in [-0.4, -0.2) is 75.6 Å². The molecule has 1 fully saturated rings. The summed E-state index contributed by atoms with van der Waals surface area (Å²) in [5, 5.41) is 45.9. The van der Waals surface area contributed by atoms with Crippen molar-refractivity contribution in [2.45, 2.75) is 166 Å². The number of rotatable bonds is 31. The Morgan fingerprint density at radius 3 is 2.16 bits per heavy atom. The van der Waals surface area contributed by atoms with Crippen LogP contribution in [0.1, 0.15) is 145 Å². The molecule has 6 atom stereocenters. The smallest absolute Gasteiger partial charge is 0.397 e. The first-order valence-electron chi connectivity index (χ1n) is 22.2. The summed E-state index contributed by atoms with van der Waals surface area (Å²) in [7, 11) is -4.84. The van der Waals surface area contributed by atoms with Gasteiger partial charge in [0.1, 0.15) is 36.3 Å². The zero-order chi connectivity index (χ0) is 44.1. The number of phosphoric acid groups is 1. The number of nitrogens with two attached hydrogens (primary N) is 1. The van der Waals surface area contributed by atoms with Crippen LogP contribution in [0.25, 0.3) is 5.52 Å². The molecule has 0 amide bonds. The second-order valence-electron chi connectivity index (χ2n) is 16.1. The molecule has 1 unspecified atom stereocenters. The summed E-state index contributed by atoms with van der Waals surface area (Å²) in [6.45, 7) is 3.26. The van der Waals surface area contributed by atoms with E-state index in [1.54, 1.807) is 18.2 Å². The van der Waals surface area contributed by atoms with Crippen LogP contribution in [0.15, 0.2) is 36.5 Å². The van der Waals surface area contributed by atoms with E-state index in [0.29, 0.717) is 41.8 Å². The predicted molar refractivity (Wildman–Crippen MR) is 230 cm³/mol. The van der Waals surface area contributed by atoms with E-state index in [0.717, 1.165) is 19.3 Å². The van der Waals surface area contributed by atoms with Gasteiger partial charge in [0.2, 0.25) is 5.60 Å². The lowest BCUT2D eigenvalue weighted by molar-refractivity contribution is -0.0690. The van der Waals surface area contributed by atoms with E-state index >= 15 is 0 Å². The van der Waals surface area contributed by atoms with Crippen LogP contribution in [0.2, 0.25) is 0 Å². The van der Waals surface area contributed by atoms with Crippen LogP contribution in [0, 0.1) is 28.5 Å². The molecule has 1 aliphatic heterocycles. The number of unbranched alkanes of at least 4 members (excludes halogenated alkanes) is 15. The van der Waals surface area contributed by atoms with E-state index in [-0.39, 0.29) is 24.5 Å². The van der Waals surface area contributed by atoms with E-state index in [1.807, 2.05) is 19.1 Å². The highest BCUT2D eigenvalue weighted by Crippen LogP contribution is 2.46. The number of ether oxygens (including phenoxy) is 3. The average Bonchev–Trinajstić information content (AvgIpc) is 3.80. The minimum absolute atomic E-state index is 0.00853. The summed E-state index contributed by atoms with van der Waals surface area (Å²) in [4.78, 5) is 10.7. The second kappa shape index (κ2) is 26.2. The molecule has 5 N–H and O–H groups in total. The summed E-state index contributed by atoms with van der Waals surface area (Å²) >= 11 is 0. The Balaban J connectivity index is 1.24. The highest BCUT2D eigenvalue weighted by molar-refractivity contribution is 7.47. The molecule has 338 valence electrons. The van der Waals surface area contributed by atoms with Gasteiger partial charge >= 0.3 is 7.82 Å². The minimum atomic E-state index is -4.84. The Hall–Kier alpha value is -3.47. The molecule has 61 heavy (non-hydrogen) atoms. The highest BCUT2D eigenvalue weighted by atomic mass is 31.2. The molecular formula is C45H67FN5O9P. The summed E-state index contributed by atoms with van der Waals surface area (Å²) in [6.07, 6.45) is 16.8. The fourth-order valence-electron chi connectivity index (χ4n) is 7.72. The SMILES string of the molecule is CCCCCCCCCCCCCCCCCCOC[C@H](COP(=O)(O)OC[C@H]1O[C@@](C#N)(c2ccc3c(N)ccnn23)[C@H](O)[C@@H]1O)OCc1cc(F)c(CCC)c(C#N)c1. The first kappa shape index (κ1) is 50.2. The normalized spacial score (nSPS) is 20.4. The molecule has 4 rings (SSSR count). The number of hydrogen-bond acceptors (Lipinski definition) is 12. The maximum atomic E-state index is 14.9. The Kier molecular flexibility index (Phi) is 21.6.